The van der Waals surface area contributed by atoms with E-state index in [1.807, 2.05) is 0 Å². The number of rotatable bonds is 4. The van der Waals surface area contributed by atoms with Crippen molar-refractivity contribution in [3.63, 3.8) is 0 Å². The van der Waals surface area contributed by atoms with Crippen molar-refractivity contribution in [2.45, 2.75) is 23.8 Å². The van der Waals surface area contributed by atoms with Gasteiger partial charge in [0.2, 0.25) is 10.0 Å². The fraction of sp³-hybridized carbons (Fsp3) is 0.500. The first-order chi connectivity index (χ1) is 8.89. The van der Waals surface area contributed by atoms with Gasteiger partial charge in [-0.3, -0.25) is 0 Å². The number of benzene rings is 1. The first-order valence-corrected chi connectivity index (χ1v) is 7.79. The van der Waals surface area contributed by atoms with Crippen LogP contribution in [0.4, 0.5) is 11.4 Å². The zero-order chi connectivity index (χ0) is 14.0. The highest BCUT2D eigenvalue weighted by molar-refractivity contribution is 7.89. The van der Waals surface area contributed by atoms with Crippen LogP contribution in [0.2, 0.25) is 0 Å². The topological polar surface area (TPSA) is 101 Å². The average molecular weight is 284 g/mol. The van der Waals surface area contributed by atoms with Gasteiger partial charge in [-0.15, -0.1) is 0 Å². The number of nitrogens with one attached hydrogen (secondary N) is 1. The maximum atomic E-state index is 11.4. The molecule has 1 heterocycles. The van der Waals surface area contributed by atoms with Crippen molar-refractivity contribution in [2.24, 2.45) is 5.14 Å². The fourth-order valence-corrected chi connectivity index (χ4v) is 3.10. The largest absolute Gasteiger partial charge is 0.396 e. The minimum atomic E-state index is -3.78. The molecule has 0 saturated carbocycles. The number of likely N-dealkylation sites (tertiary alicyclic amines) is 1. The van der Waals surface area contributed by atoms with Crippen LogP contribution in [-0.4, -0.2) is 39.5 Å². The van der Waals surface area contributed by atoms with E-state index >= 15 is 0 Å². The zero-order valence-corrected chi connectivity index (χ0v) is 11.8. The van der Waals surface area contributed by atoms with Gasteiger partial charge in [0.15, 0.2) is 0 Å². The lowest BCUT2D eigenvalue weighted by Crippen LogP contribution is -2.31. The minimum absolute atomic E-state index is 0.0303. The number of hydrogen-bond acceptors (Lipinski definition) is 5. The van der Waals surface area contributed by atoms with E-state index in [1.54, 1.807) is 12.1 Å². The molecule has 0 bridgehead atoms. The van der Waals surface area contributed by atoms with Gasteiger partial charge in [-0.1, -0.05) is 6.07 Å². The molecular weight excluding hydrogens is 264 g/mol. The Morgan fingerprint density at radius 3 is 2.79 bits per heavy atom. The highest BCUT2D eigenvalue weighted by atomic mass is 32.2. The van der Waals surface area contributed by atoms with Gasteiger partial charge in [0.25, 0.3) is 0 Å². The van der Waals surface area contributed by atoms with Crippen molar-refractivity contribution in [3.05, 3.63) is 18.2 Å². The van der Waals surface area contributed by atoms with E-state index in [4.69, 9.17) is 10.9 Å². The van der Waals surface area contributed by atoms with Crippen molar-refractivity contribution in [3.8, 4) is 0 Å². The third-order valence-electron chi connectivity index (χ3n) is 3.57. The quantitative estimate of drug-likeness (QED) is 0.696. The van der Waals surface area contributed by atoms with Crippen LogP contribution in [-0.2, 0) is 10.0 Å². The second kappa shape index (κ2) is 5.36. The minimum Gasteiger partial charge on any atom is -0.396 e. The molecule has 1 aromatic rings. The van der Waals surface area contributed by atoms with E-state index in [0.717, 1.165) is 19.5 Å². The van der Waals surface area contributed by atoms with Crippen LogP contribution in [0, 0.1) is 0 Å². The van der Waals surface area contributed by atoms with Crippen molar-refractivity contribution < 1.29 is 8.42 Å². The van der Waals surface area contributed by atoms with Crippen LogP contribution in [0.5, 0.6) is 0 Å². The fourth-order valence-electron chi connectivity index (χ4n) is 2.41. The van der Waals surface area contributed by atoms with E-state index in [-0.39, 0.29) is 10.6 Å². The Kier molecular flexibility index (Phi) is 3.98. The Labute approximate surface area is 113 Å². The number of nitrogen functional groups attached to an aromatic ring is 1. The first kappa shape index (κ1) is 14.1. The molecule has 0 aliphatic carbocycles. The third-order valence-corrected chi connectivity index (χ3v) is 4.54. The number of likely N-dealkylation sites (N-methyl/N-ethyl adjacent to an activating group) is 1. The molecule has 0 amide bonds. The normalized spacial score (nSPS) is 20.6. The highest BCUT2D eigenvalue weighted by Crippen LogP contribution is 2.26. The van der Waals surface area contributed by atoms with Crippen molar-refractivity contribution in [1.29, 1.82) is 0 Å². The van der Waals surface area contributed by atoms with Crippen LogP contribution in [0.25, 0.3) is 0 Å². The van der Waals surface area contributed by atoms with Crippen molar-refractivity contribution in [2.75, 3.05) is 31.2 Å². The van der Waals surface area contributed by atoms with Gasteiger partial charge in [0, 0.05) is 12.6 Å². The maximum Gasteiger partial charge on any atom is 0.240 e. The van der Waals surface area contributed by atoms with Gasteiger partial charge in [-0.05, 0) is 38.6 Å². The van der Waals surface area contributed by atoms with Gasteiger partial charge < -0.3 is 16.0 Å². The summed E-state index contributed by atoms with van der Waals surface area (Å²) in [4.78, 5) is 2.25. The summed E-state index contributed by atoms with van der Waals surface area (Å²) >= 11 is 0. The molecule has 1 saturated heterocycles. The Balaban J connectivity index is 2.13. The molecule has 0 aromatic heterocycles. The SMILES string of the molecule is CN1CCCC1CNc1cccc(S(N)(=O)=O)c1N. The van der Waals surface area contributed by atoms with Crippen LogP contribution in [0.1, 0.15) is 12.8 Å². The smallest absolute Gasteiger partial charge is 0.240 e. The van der Waals surface area contributed by atoms with E-state index in [2.05, 4.69) is 17.3 Å². The molecule has 2 rings (SSSR count). The molecule has 1 fully saturated rings. The summed E-state index contributed by atoms with van der Waals surface area (Å²) in [6.45, 7) is 1.84. The van der Waals surface area contributed by atoms with Crippen molar-refractivity contribution in [1.82, 2.24) is 4.90 Å². The third kappa shape index (κ3) is 3.17. The number of hydrogen-bond donors (Lipinski definition) is 3. The number of anilines is 2. The summed E-state index contributed by atoms with van der Waals surface area (Å²) in [7, 11) is -1.69. The Morgan fingerprint density at radius 2 is 2.21 bits per heavy atom. The molecule has 19 heavy (non-hydrogen) atoms. The number of nitrogens with zero attached hydrogens (tertiary/aromatic N) is 1. The average Bonchev–Trinajstić information content (AvgIpc) is 2.72. The van der Waals surface area contributed by atoms with E-state index in [0.29, 0.717) is 11.7 Å². The maximum absolute atomic E-state index is 11.4. The van der Waals surface area contributed by atoms with E-state index < -0.39 is 10.0 Å². The highest BCUT2D eigenvalue weighted by Gasteiger charge is 2.21. The number of primary sulfonamides is 1. The summed E-state index contributed by atoms with van der Waals surface area (Å²) in [6.07, 6.45) is 2.33. The van der Waals surface area contributed by atoms with Gasteiger partial charge in [0.05, 0.1) is 11.4 Å². The van der Waals surface area contributed by atoms with Crippen LogP contribution >= 0.6 is 0 Å². The van der Waals surface area contributed by atoms with Crippen LogP contribution < -0.4 is 16.2 Å². The molecule has 5 N–H and O–H groups in total. The molecule has 0 spiro atoms. The summed E-state index contributed by atoms with van der Waals surface area (Å²) in [5, 5.41) is 8.33. The van der Waals surface area contributed by atoms with Gasteiger partial charge >= 0.3 is 0 Å². The molecule has 1 aliphatic heterocycles. The summed E-state index contributed by atoms with van der Waals surface area (Å²) < 4.78 is 22.8. The lowest BCUT2D eigenvalue weighted by molar-refractivity contribution is 0.322. The lowest BCUT2D eigenvalue weighted by atomic mass is 10.2. The van der Waals surface area contributed by atoms with Gasteiger partial charge in [-0.2, -0.15) is 0 Å². The van der Waals surface area contributed by atoms with Crippen LogP contribution in [0.15, 0.2) is 23.1 Å². The number of para-hydroxylation sites is 1. The molecule has 1 aliphatic rings. The molecule has 1 unspecified atom stereocenters. The Hall–Kier alpha value is -1.31. The van der Waals surface area contributed by atoms with Crippen molar-refractivity contribution >= 4 is 21.4 Å². The van der Waals surface area contributed by atoms with Gasteiger partial charge in [-0.25, -0.2) is 13.6 Å². The number of nitrogens with two attached hydrogens (primary N) is 2. The molecule has 0 radical (unpaired) electrons. The predicted octanol–water partition coefficient (Wildman–Crippen LogP) is 0.422. The predicted molar refractivity (Wildman–Crippen MR) is 76.4 cm³/mol. The summed E-state index contributed by atoms with van der Waals surface area (Å²) in [5.74, 6) is 0. The monoisotopic (exact) mass is 284 g/mol. The lowest BCUT2D eigenvalue weighted by Gasteiger charge is -2.21. The Bertz CT molecular complexity index is 559. The zero-order valence-electron chi connectivity index (χ0n) is 11.0. The first-order valence-electron chi connectivity index (χ1n) is 6.25. The van der Waals surface area contributed by atoms with E-state index in [9.17, 15) is 8.42 Å². The molecule has 1 atom stereocenters. The Morgan fingerprint density at radius 1 is 1.47 bits per heavy atom. The summed E-state index contributed by atoms with van der Waals surface area (Å²) in [5.41, 5.74) is 6.66. The molecular formula is C12H20N4O2S. The molecule has 7 heteroatoms. The molecule has 1 aromatic carbocycles. The number of sulfonamides is 1. The van der Waals surface area contributed by atoms with Gasteiger partial charge in [0.1, 0.15) is 4.90 Å². The second-order valence-corrected chi connectivity index (χ2v) is 6.45. The second-order valence-electron chi connectivity index (χ2n) is 4.92. The molecule has 106 valence electrons. The standard InChI is InChI=1S/C12H20N4O2S/c1-16-7-3-4-9(16)8-15-10-5-2-6-11(12(10)13)19(14,17)18/h2,5-6,9,15H,3-4,7-8,13H2,1H3,(H2,14,17,18). The summed E-state index contributed by atoms with van der Waals surface area (Å²) in [6, 6.07) is 5.27. The molecule has 6 nitrogen and oxygen atoms in total. The van der Waals surface area contributed by atoms with E-state index in [1.165, 1.54) is 12.5 Å². The van der Waals surface area contributed by atoms with Crippen LogP contribution in [0.3, 0.4) is 0 Å².